The molecule has 2 heterocycles. The SMILES string of the molecule is COCCCNC(=O)C(=O)NC[C@H](c1cccs1)[NH+]1CCc2ccccc2C1. The van der Waals surface area contributed by atoms with Crippen LogP contribution < -0.4 is 15.5 Å². The van der Waals surface area contributed by atoms with E-state index in [1.54, 1.807) is 18.4 Å². The Hall–Kier alpha value is -2.22. The minimum Gasteiger partial charge on any atom is -0.385 e. The fraction of sp³-hybridized carbons (Fsp3) is 0.429. The number of nitrogens with one attached hydrogen (secondary N) is 3. The second kappa shape index (κ2) is 10.4. The maximum absolute atomic E-state index is 12.2. The van der Waals surface area contributed by atoms with Gasteiger partial charge in [0.05, 0.1) is 18.0 Å². The number of rotatable bonds is 8. The first kappa shape index (κ1) is 20.5. The Morgan fingerprint density at radius 3 is 2.68 bits per heavy atom. The van der Waals surface area contributed by atoms with Crippen LogP contribution in [0.5, 0.6) is 0 Å². The number of hydrogen-bond donors (Lipinski definition) is 3. The van der Waals surface area contributed by atoms with Crippen LogP contribution in [0.15, 0.2) is 41.8 Å². The molecule has 150 valence electrons. The van der Waals surface area contributed by atoms with Crippen molar-refractivity contribution in [3.8, 4) is 0 Å². The number of carbonyl (C=O) groups excluding carboxylic acids is 2. The van der Waals surface area contributed by atoms with Crippen LogP contribution in [0.25, 0.3) is 0 Å². The van der Waals surface area contributed by atoms with E-state index in [1.807, 2.05) is 6.07 Å². The molecule has 3 rings (SSSR count). The highest BCUT2D eigenvalue weighted by Crippen LogP contribution is 2.18. The quantitative estimate of drug-likeness (QED) is 0.450. The van der Waals surface area contributed by atoms with Crippen LogP contribution in [0.4, 0.5) is 0 Å². The fourth-order valence-electron chi connectivity index (χ4n) is 3.61. The summed E-state index contributed by atoms with van der Waals surface area (Å²) in [5, 5.41) is 7.53. The van der Waals surface area contributed by atoms with Crippen LogP contribution in [0, 0.1) is 0 Å². The van der Waals surface area contributed by atoms with Gasteiger partial charge in [-0.3, -0.25) is 9.59 Å². The lowest BCUT2D eigenvalue weighted by molar-refractivity contribution is -0.945. The molecule has 1 aliphatic heterocycles. The molecule has 1 unspecified atom stereocenters. The van der Waals surface area contributed by atoms with Gasteiger partial charge in [0, 0.05) is 32.2 Å². The number of methoxy groups -OCH3 is 1. The van der Waals surface area contributed by atoms with Crippen molar-refractivity contribution in [2.45, 2.75) is 25.4 Å². The van der Waals surface area contributed by atoms with Crippen LogP contribution in [-0.2, 0) is 27.3 Å². The molecule has 0 spiro atoms. The molecule has 0 radical (unpaired) electrons. The first-order chi connectivity index (χ1) is 13.7. The van der Waals surface area contributed by atoms with E-state index in [4.69, 9.17) is 4.74 Å². The smallest absolute Gasteiger partial charge is 0.309 e. The zero-order chi connectivity index (χ0) is 19.8. The molecule has 0 fully saturated rings. The Balaban J connectivity index is 1.59. The number of hydrogen-bond acceptors (Lipinski definition) is 4. The number of ether oxygens (including phenoxy) is 1. The molecule has 1 aromatic heterocycles. The van der Waals surface area contributed by atoms with Crippen LogP contribution in [0.2, 0.25) is 0 Å². The molecule has 1 aromatic carbocycles. The lowest BCUT2D eigenvalue weighted by Gasteiger charge is -2.32. The second-order valence-corrected chi connectivity index (χ2v) is 7.96. The van der Waals surface area contributed by atoms with Gasteiger partial charge in [-0.05, 0) is 23.4 Å². The van der Waals surface area contributed by atoms with Gasteiger partial charge in [0.2, 0.25) is 0 Å². The first-order valence-electron chi connectivity index (χ1n) is 9.68. The molecule has 3 N–H and O–H groups in total. The standard InChI is InChI=1S/C21H27N3O3S/c1-27-12-5-10-22-20(25)21(26)23-14-18(19-8-4-13-28-19)24-11-9-16-6-2-3-7-17(16)15-24/h2-4,6-8,13,18H,5,9-12,14-15H2,1H3,(H,22,25)(H,23,26)/p+1/t18-/m1/s1. The van der Waals surface area contributed by atoms with Gasteiger partial charge in [-0.25, -0.2) is 0 Å². The lowest BCUT2D eigenvalue weighted by atomic mass is 9.98. The third-order valence-corrected chi connectivity index (χ3v) is 6.10. The largest absolute Gasteiger partial charge is 0.385 e. The highest BCUT2D eigenvalue weighted by atomic mass is 32.1. The maximum atomic E-state index is 12.2. The van der Waals surface area contributed by atoms with E-state index in [-0.39, 0.29) is 6.04 Å². The Bertz CT molecular complexity index is 779. The van der Waals surface area contributed by atoms with E-state index in [9.17, 15) is 9.59 Å². The van der Waals surface area contributed by atoms with Crippen molar-refractivity contribution in [3.63, 3.8) is 0 Å². The zero-order valence-corrected chi connectivity index (χ0v) is 17.0. The Morgan fingerprint density at radius 1 is 1.14 bits per heavy atom. The molecule has 6 nitrogen and oxygen atoms in total. The summed E-state index contributed by atoms with van der Waals surface area (Å²) in [7, 11) is 1.61. The number of amides is 2. The monoisotopic (exact) mass is 402 g/mol. The lowest BCUT2D eigenvalue weighted by Crippen LogP contribution is -3.12. The van der Waals surface area contributed by atoms with E-state index < -0.39 is 11.8 Å². The zero-order valence-electron chi connectivity index (χ0n) is 16.2. The maximum Gasteiger partial charge on any atom is 0.309 e. The van der Waals surface area contributed by atoms with Crippen molar-refractivity contribution in [2.75, 3.05) is 33.4 Å². The number of quaternary nitrogens is 1. The topological polar surface area (TPSA) is 71.9 Å². The fourth-order valence-corrected chi connectivity index (χ4v) is 4.49. The molecule has 0 aliphatic carbocycles. The number of thiophene rings is 1. The van der Waals surface area contributed by atoms with Crippen molar-refractivity contribution in [2.24, 2.45) is 0 Å². The van der Waals surface area contributed by atoms with Gasteiger partial charge in [-0.15, -0.1) is 11.3 Å². The third kappa shape index (κ3) is 5.41. The summed E-state index contributed by atoms with van der Waals surface area (Å²) >= 11 is 1.70. The highest BCUT2D eigenvalue weighted by molar-refractivity contribution is 7.10. The van der Waals surface area contributed by atoms with Crippen molar-refractivity contribution in [3.05, 3.63) is 57.8 Å². The van der Waals surface area contributed by atoms with E-state index in [2.05, 4.69) is 46.3 Å². The van der Waals surface area contributed by atoms with Gasteiger partial charge in [0.15, 0.2) is 0 Å². The Kier molecular flexibility index (Phi) is 7.59. The van der Waals surface area contributed by atoms with Gasteiger partial charge in [0.1, 0.15) is 12.6 Å². The number of fused-ring (bicyclic) bond motifs is 1. The van der Waals surface area contributed by atoms with Crippen molar-refractivity contribution >= 4 is 23.2 Å². The molecule has 2 amide bonds. The molecular formula is C21H28N3O3S+. The van der Waals surface area contributed by atoms with Crippen molar-refractivity contribution in [1.82, 2.24) is 10.6 Å². The predicted molar refractivity (Wildman–Crippen MR) is 109 cm³/mol. The summed E-state index contributed by atoms with van der Waals surface area (Å²) in [4.78, 5) is 26.8. The molecule has 0 bridgehead atoms. The predicted octanol–water partition coefficient (Wildman–Crippen LogP) is 0.699. The molecule has 1 aliphatic rings. The summed E-state index contributed by atoms with van der Waals surface area (Å²) in [6.45, 7) is 3.38. The Labute approximate surface area is 169 Å². The second-order valence-electron chi connectivity index (χ2n) is 6.98. The number of benzene rings is 1. The molecule has 28 heavy (non-hydrogen) atoms. The molecule has 0 saturated carbocycles. The summed E-state index contributed by atoms with van der Waals surface area (Å²) in [5.41, 5.74) is 2.78. The van der Waals surface area contributed by atoms with E-state index in [0.29, 0.717) is 26.1 Å². The first-order valence-corrected chi connectivity index (χ1v) is 10.6. The van der Waals surface area contributed by atoms with Gasteiger partial charge < -0.3 is 20.3 Å². The molecule has 0 saturated heterocycles. The average molecular weight is 403 g/mol. The summed E-state index contributed by atoms with van der Waals surface area (Å²) in [6.07, 6.45) is 1.71. The van der Waals surface area contributed by atoms with Crippen LogP contribution in [0.1, 0.15) is 28.5 Å². The normalized spacial score (nSPS) is 16.8. The van der Waals surface area contributed by atoms with E-state index in [0.717, 1.165) is 19.5 Å². The van der Waals surface area contributed by atoms with Gasteiger partial charge >= 0.3 is 11.8 Å². The van der Waals surface area contributed by atoms with E-state index in [1.165, 1.54) is 20.9 Å². The Morgan fingerprint density at radius 2 is 1.93 bits per heavy atom. The van der Waals surface area contributed by atoms with Crippen LogP contribution in [0.3, 0.4) is 0 Å². The molecule has 7 heteroatoms. The molecule has 2 atom stereocenters. The van der Waals surface area contributed by atoms with Gasteiger partial charge in [-0.1, -0.05) is 30.3 Å². The summed E-state index contributed by atoms with van der Waals surface area (Å²) < 4.78 is 4.94. The van der Waals surface area contributed by atoms with Gasteiger partial charge in [0.25, 0.3) is 0 Å². The summed E-state index contributed by atoms with van der Waals surface area (Å²) in [6, 6.07) is 12.8. The van der Waals surface area contributed by atoms with Crippen molar-refractivity contribution in [1.29, 1.82) is 0 Å². The van der Waals surface area contributed by atoms with Crippen molar-refractivity contribution < 1.29 is 19.2 Å². The molecular weight excluding hydrogens is 374 g/mol. The third-order valence-electron chi connectivity index (χ3n) is 5.11. The van der Waals surface area contributed by atoms with Gasteiger partial charge in [-0.2, -0.15) is 0 Å². The van der Waals surface area contributed by atoms with E-state index >= 15 is 0 Å². The number of carbonyl (C=O) groups is 2. The van der Waals surface area contributed by atoms with Crippen LogP contribution >= 0.6 is 11.3 Å². The summed E-state index contributed by atoms with van der Waals surface area (Å²) in [5.74, 6) is -1.16. The van der Waals surface area contributed by atoms with Crippen LogP contribution in [-0.4, -0.2) is 45.2 Å². The molecule has 2 aromatic rings. The highest BCUT2D eigenvalue weighted by Gasteiger charge is 2.30. The minimum absolute atomic E-state index is 0.138. The average Bonchev–Trinajstić information content (AvgIpc) is 3.25. The minimum atomic E-state index is -0.583.